The Labute approximate surface area is 129 Å². The lowest BCUT2D eigenvalue weighted by Gasteiger charge is -2.31. The van der Waals surface area contributed by atoms with E-state index in [1.807, 2.05) is 31.3 Å². The Kier molecular flexibility index (Phi) is 4.41. The van der Waals surface area contributed by atoms with E-state index in [4.69, 9.17) is 11.6 Å². The predicted molar refractivity (Wildman–Crippen MR) is 85.7 cm³/mol. The summed E-state index contributed by atoms with van der Waals surface area (Å²) in [5.41, 5.74) is 0.963. The molecule has 1 aliphatic rings. The number of rotatable bonds is 4. The predicted octanol–water partition coefficient (Wildman–Crippen LogP) is 2.56. The van der Waals surface area contributed by atoms with Crippen LogP contribution in [0.3, 0.4) is 0 Å². The van der Waals surface area contributed by atoms with Gasteiger partial charge >= 0.3 is 0 Å². The van der Waals surface area contributed by atoms with Crippen molar-refractivity contribution < 1.29 is 0 Å². The third kappa shape index (κ3) is 3.36. The van der Waals surface area contributed by atoms with Crippen molar-refractivity contribution in [3.05, 3.63) is 29.3 Å². The molecule has 0 saturated carbocycles. The fourth-order valence-corrected chi connectivity index (χ4v) is 3.05. The van der Waals surface area contributed by atoms with Crippen LogP contribution in [0.2, 0.25) is 5.02 Å². The van der Waals surface area contributed by atoms with E-state index in [2.05, 4.69) is 25.4 Å². The standard InChI is InChI=1S/C15H20ClN5/c1-17-9-11-4-3-7-21(10-11)15-18-14(19-20-15)12-5-2-6-13(16)8-12/h2,5-6,8,11,17H,3-4,7,9-10H2,1H3,(H,18,19,20). The van der Waals surface area contributed by atoms with Gasteiger partial charge in [-0.05, 0) is 44.5 Å². The van der Waals surface area contributed by atoms with Crippen LogP contribution in [0.4, 0.5) is 5.95 Å². The van der Waals surface area contributed by atoms with Crippen molar-refractivity contribution in [2.75, 3.05) is 31.6 Å². The third-order valence-electron chi connectivity index (χ3n) is 3.87. The SMILES string of the molecule is CNCC1CCCN(c2n[nH]c(-c3cccc(Cl)c3)n2)C1. The van der Waals surface area contributed by atoms with Crippen molar-refractivity contribution in [1.29, 1.82) is 0 Å². The monoisotopic (exact) mass is 305 g/mol. The molecule has 1 aromatic heterocycles. The highest BCUT2D eigenvalue weighted by molar-refractivity contribution is 6.30. The Morgan fingerprint density at radius 2 is 2.38 bits per heavy atom. The van der Waals surface area contributed by atoms with Crippen LogP contribution in [0.25, 0.3) is 11.4 Å². The Hall–Kier alpha value is -1.59. The van der Waals surface area contributed by atoms with Crippen molar-refractivity contribution in [3.8, 4) is 11.4 Å². The number of hydrogen-bond donors (Lipinski definition) is 2. The molecule has 1 aromatic carbocycles. The van der Waals surface area contributed by atoms with E-state index in [1.54, 1.807) is 0 Å². The molecule has 1 unspecified atom stereocenters. The lowest BCUT2D eigenvalue weighted by molar-refractivity contribution is 0.399. The molecule has 1 aliphatic heterocycles. The zero-order chi connectivity index (χ0) is 14.7. The van der Waals surface area contributed by atoms with Crippen LogP contribution in [0, 0.1) is 5.92 Å². The van der Waals surface area contributed by atoms with E-state index >= 15 is 0 Å². The highest BCUT2D eigenvalue weighted by atomic mass is 35.5. The third-order valence-corrected chi connectivity index (χ3v) is 4.10. The summed E-state index contributed by atoms with van der Waals surface area (Å²) in [6.07, 6.45) is 2.45. The first-order valence-electron chi connectivity index (χ1n) is 7.34. The quantitative estimate of drug-likeness (QED) is 0.911. The van der Waals surface area contributed by atoms with Crippen molar-refractivity contribution in [1.82, 2.24) is 20.5 Å². The molecule has 6 heteroatoms. The summed E-state index contributed by atoms with van der Waals surface area (Å²) < 4.78 is 0. The van der Waals surface area contributed by atoms with Gasteiger partial charge in [0.05, 0.1) is 0 Å². The van der Waals surface area contributed by atoms with Crippen molar-refractivity contribution in [2.24, 2.45) is 5.92 Å². The molecule has 0 radical (unpaired) electrons. The first-order chi connectivity index (χ1) is 10.3. The smallest absolute Gasteiger partial charge is 0.245 e. The number of H-pyrrole nitrogens is 1. The maximum absolute atomic E-state index is 6.02. The Morgan fingerprint density at radius 3 is 3.19 bits per heavy atom. The second-order valence-electron chi connectivity index (χ2n) is 5.51. The van der Waals surface area contributed by atoms with Crippen molar-refractivity contribution in [2.45, 2.75) is 12.8 Å². The molecule has 1 saturated heterocycles. The average Bonchev–Trinajstić information content (AvgIpc) is 2.98. The Morgan fingerprint density at radius 1 is 1.48 bits per heavy atom. The molecule has 0 amide bonds. The highest BCUT2D eigenvalue weighted by Gasteiger charge is 2.22. The molecular formula is C15H20ClN5. The van der Waals surface area contributed by atoms with E-state index in [1.165, 1.54) is 12.8 Å². The van der Waals surface area contributed by atoms with Crippen LogP contribution in [0.15, 0.2) is 24.3 Å². The van der Waals surface area contributed by atoms with E-state index in [9.17, 15) is 0 Å². The van der Waals surface area contributed by atoms with Gasteiger partial charge in [-0.15, -0.1) is 5.10 Å². The summed E-state index contributed by atoms with van der Waals surface area (Å²) in [6.45, 7) is 3.07. The molecule has 5 nitrogen and oxygen atoms in total. The maximum Gasteiger partial charge on any atom is 0.245 e. The number of aromatic amines is 1. The first-order valence-corrected chi connectivity index (χ1v) is 7.72. The molecule has 2 heterocycles. The summed E-state index contributed by atoms with van der Waals surface area (Å²) in [5.74, 6) is 2.21. The summed E-state index contributed by atoms with van der Waals surface area (Å²) in [4.78, 5) is 6.88. The molecular weight excluding hydrogens is 286 g/mol. The molecule has 3 rings (SSSR count). The number of aromatic nitrogens is 3. The summed E-state index contributed by atoms with van der Waals surface area (Å²) in [5, 5.41) is 11.3. The molecule has 112 valence electrons. The molecule has 0 spiro atoms. The minimum Gasteiger partial charge on any atom is -0.339 e. The topological polar surface area (TPSA) is 56.8 Å². The largest absolute Gasteiger partial charge is 0.339 e. The maximum atomic E-state index is 6.02. The van der Waals surface area contributed by atoms with Gasteiger partial charge in [0.1, 0.15) is 0 Å². The minimum absolute atomic E-state index is 0.664. The highest BCUT2D eigenvalue weighted by Crippen LogP contribution is 2.24. The number of hydrogen-bond acceptors (Lipinski definition) is 4. The number of nitrogens with zero attached hydrogens (tertiary/aromatic N) is 3. The van der Waals surface area contributed by atoms with Crippen molar-refractivity contribution in [3.63, 3.8) is 0 Å². The van der Waals surface area contributed by atoms with Gasteiger partial charge in [0.2, 0.25) is 5.95 Å². The van der Waals surface area contributed by atoms with Crippen LogP contribution in [0.5, 0.6) is 0 Å². The second-order valence-corrected chi connectivity index (χ2v) is 5.94. The van der Waals surface area contributed by atoms with Crippen LogP contribution >= 0.6 is 11.6 Å². The molecule has 21 heavy (non-hydrogen) atoms. The van der Waals surface area contributed by atoms with Crippen LogP contribution in [-0.4, -0.2) is 41.9 Å². The Bertz CT molecular complexity index is 595. The fourth-order valence-electron chi connectivity index (χ4n) is 2.86. The van der Waals surface area contributed by atoms with Gasteiger partial charge in [-0.2, -0.15) is 4.98 Å². The number of nitrogens with one attached hydrogen (secondary N) is 2. The lowest BCUT2D eigenvalue weighted by atomic mass is 9.98. The zero-order valence-corrected chi connectivity index (χ0v) is 12.9. The number of piperidine rings is 1. The zero-order valence-electron chi connectivity index (χ0n) is 12.1. The molecule has 2 aromatic rings. The second kappa shape index (κ2) is 6.45. The van der Waals surface area contributed by atoms with Crippen LogP contribution in [-0.2, 0) is 0 Å². The van der Waals surface area contributed by atoms with E-state index in [0.717, 1.165) is 37.0 Å². The van der Waals surface area contributed by atoms with Crippen molar-refractivity contribution >= 4 is 17.5 Å². The molecule has 0 aliphatic carbocycles. The van der Waals surface area contributed by atoms with Gasteiger partial charge in [-0.3, -0.25) is 5.10 Å². The van der Waals surface area contributed by atoms with Crippen LogP contribution < -0.4 is 10.2 Å². The van der Waals surface area contributed by atoms with Gasteiger partial charge in [0.25, 0.3) is 0 Å². The minimum atomic E-state index is 0.664. The number of halogens is 1. The van der Waals surface area contributed by atoms with E-state index in [0.29, 0.717) is 10.9 Å². The summed E-state index contributed by atoms with van der Waals surface area (Å²) in [6, 6.07) is 7.65. The summed E-state index contributed by atoms with van der Waals surface area (Å²) in [7, 11) is 2.00. The van der Waals surface area contributed by atoms with Gasteiger partial charge in [-0.1, -0.05) is 23.7 Å². The van der Waals surface area contributed by atoms with Gasteiger partial charge in [0, 0.05) is 23.7 Å². The van der Waals surface area contributed by atoms with E-state index < -0.39 is 0 Å². The van der Waals surface area contributed by atoms with Gasteiger partial charge in [0.15, 0.2) is 5.82 Å². The molecule has 2 N–H and O–H groups in total. The summed E-state index contributed by atoms with van der Waals surface area (Å²) >= 11 is 6.02. The van der Waals surface area contributed by atoms with E-state index in [-0.39, 0.29) is 0 Å². The van der Waals surface area contributed by atoms with Crippen LogP contribution in [0.1, 0.15) is 12.8 Å². The fraction of sp³-hybridized carbons (Fsp3) is 0.467. The van der Waals surface area contributed by atoms with Gasteiger partial charge in [-0.25, -0.2) is 0 Å². The number of anilines is 1. The number of benzene rings is 1. The molecule has 0 bridgehead atoms. The molecule has 1 atom stereocenters. The first kappa shape index (κ1) is 14.4. The molecule has 1 fully saturated rings. The lowest BCUT2D eigenvalue weighted by Crippen LogP contribution is -2.39. The Balaban J connectivity index is 1.75. The van der Waals surface area contributed by atoms with Gasteiger partial charge < -0.3 is 10.2 Å². The average molecular weight is 306 g/mol. The normalized spacial score (nSPS) is 19.0.